The summed E-state index contributed by atoms with van der Waals surface area (Å²) in [4.78, 5) is 0. The van der Waals surface area contributed by atoms with Gasteiger partial charge in [-0.1, -0.05) is 23.7 Å². The lowest BCUT2D eigenvalue weighted by molar-refractivity contribution is 0.606. The van der Waals surface area contributed by atoms with E-state index >= 15 is 0 Å². The third-order valence-electron chi connectivity index (χ3n) is 2.59. The normalized spacial score (nSPS) is 11.1. The molecule has 1 aromatic carbocycles. The van der Waals surface area contributed by atoms with Crippen LogP contribution in [0.1, 0.15) is 5.56 Å². The van der Waals surface area contributed by atoms with E-state index in [0.29, 0.717) is 17.4 Å². The largest absolute Gasteiger partial charge is 0.368 e. The van der Waals surface area contributed by atoms with Crippen LogP contribution in [-0.4, -0.2) is 31.4 Å². The minimum Gasteiger partial charge on any atom is -0.368 e. The Labute approximate surface area is 128 Å². The van der Waals surface area contributed by atoms with Gasteiger partial charge in [0.15, 0.2) is 5.82 Å². The molecule has 2 rings (SSSR count). The van der Waals surface area contributed by atoms with Gasteiger partial charge in [0.25, 0.3) is 0 Å². The maximum absolute atomic E-state index is 11.0. The smallest absolute Gasteiger partial charge is 0.231 e. The average Bonchev–Trinajstić information content (AvgIpc) is 2.41. The van der Waals surface area contributed by atoms with Crippen molar-refractivity contribution in [2.45, 2.75) is 6.42 Å². The molecule has 0 aliphatic heterocycles. The van der Waals surface area contributed by atoms with Gasteiger partial charge in [0, 0.05) is 11.6 Å². The summed E-state index contributed by atoms with van der Waals surface area (Å²) in [7, 11) is -3.33. The highest BCUT2D eigenvalue weighted by Crippen LogP contribution is 2.11. The van der Waals surface area contributed by atoms with Gasteiger partial charge in [-0.05, 0) is 36.2 Å². The Morgan fingerprint density at radius 2 is 1.67 bits per heavy atom. The van der Waals surface area contributed by atoms with E-state index in [9.17, 15) is 8.42 Å². The highest BCUT2D eigenvalue weighted by atomic mass is 35.5. The van der Waals surface area contributed by atoms with Gasteiger partial charge in [0.05, 0.1) is 6.26 Å². The standard InChI is InChI=1S/C13H15ClN4O2S/c1-21(19,20)18-13-7-6-12(16-17-13)15-9-8-10-2-4-11(14)5-3-10/h2-7H,8-9H2,1H3,(H,15,16)(H,17,18). The number of sulfonamides is 1. The second kappa shape index (κ2) is 6.73. The molecule has 6 nitrogen and oxygen atoms in total. The van der Waals surface area contributed by atoms with Crippen LogP contribution in [-0.2, 0) is 16.4 Å². The molecule has 1 aromatic heterocycles. The fourth-order valence-corrected chi connectivity index (χ4v) is 2.27. The van der Waals surface area contributed by atoms with Crippen LogP contribution in [0.5, 0.6) is 0 Å². The van der Waals surface area contributed by atoms with Gasteiger partial charge in [0.2, 0.25) is 10.0 Å². The monoisotopic (exact) mass is 326 g/mol. The van der Waals surface area contributed by atoms with Crippen molar-refractivity contribution in [3.05, 3.63) is 47.0 Å². The van der Waals surface area contributed by atoms with Gasteiger partial charge in [-0.2, -0.15) is 0 Å². The Hall–Kier alpha value is -1.86. The lowest BCUT2D eigenvalue weighted by Crippen LogP contribution is -2.12. The summed E-state index contributed by atoms with van der Waals surface area (Å²) in [5.74, 6) is 0.781. The molecular formula is C13H15ClN4O2S. The summed E-state index contributed by atoms with van der Waals surface area (Å²) < 4.78 is 24.3. The Bertz CT molecular complexity index is 687. The third-order valence-corrected chi connectivity index (χ3v) is 3.42. The number of hydrogen-bond acceptors (Lipinski definition) is 5. The number of aromatic nitrogens is 2. The number of rotatable bonds is 6. The number of anilines is 2. The minimum atomic E-state index is -3.33. The van der Waals surface area contributed by atoms with Crippen molar-refractivity contribution in [2.75, 3.05) is 22.8 Å². The Morgan fingerprint density at radius 3 is 2.24 bits per heavy atom. The molecule has 2 aromatic rings. The highest BCUT2D eigenvalue weighted by Gasteiger charge is 2.03. The zero-order valence-electron chi connectivity index (χ0n) is 11.4. The van der Waals surface area contributed by atoms with Crippen molar-refractivity contribution in [2.24, 2.45) is 0 Å². The Kier molecular flexibility index (Phi) is 4.98. The molecule has 0 radical (unpaired) electrons. The first-order valence-corrected chi connectivity index (χ1v) is 8.49. The van der Waals surface area contributed by atoms with Gasteiger partial charge in [0.1, 0.15) is 5.82 Å². The summed E-state index contributed by atoms with van der Waals surface area (Å²) >= 11 is 5.82. The van der Waals surface area contributed by atoms with E-state index in [1.807, 2.05) is 24.3 Å². The molecule has 0 aliphatic carbocycles. The van der Waals surface area contributed by atoms with Gasteiger partial charge in [-0.15, -0.1) is 10.2 Å². The van der Waals surface area contributed by atoms with Crippen LogP contribution in [0.2, 0.25) is 5.02 Å². The predicted molar refractivity (Wildman–Crippen MR) is 84.1 cm³/mol. The van der Waals surface area contributed by atoms with Crippen LogP contribution in [0.25, 0.3) is 0 Å². The summed E-state index contributed by atoms with van der Waals surface area (Å²) in [6.07, 6.45) is 1.88. The van der Waals surface area contributed by atoms with Crippen LogP contribution in [0.15, 0.2) is 36.4 Å². The Balaban J connectivity index is 1.85. The van der Waals surface area contributed by atoms with E-state index in [1.54, 1.807) is 12.1 Å². The molecule has 0 bridgehead atoms. The molecule has 2 N–H and O–H groups in total. The van der Waals surface area contributed by atoms with E-state index in [-0.39, 0.29) is 5.82 Å². The SMILES string of the molecule is CS(=O)(=O)Nc1ccc(NCCc2ccc(Cl)cc2)nn1. The first-order valence-electron chi connectivity index (χ1n) is 6.22. The van der Waals surface area contributed by atoms with Gasteiger partial charge < -0.3 is 5.32 Å². The summed E-state index contributed by atoms with van der Waals surface area (Å²) in [6, 6.07) is 10.9. The zero-order valence-corrected chi connectivity index (χ0v) is 12.9. The molecule has 0 atom stereocenters. The number of nitrogens with one attached hydrogen (secondary N) is 2. The predicted octanol–water partition coefficient (Wildman–Crippen LogP) is 2.16. The summed E-state index contributed by atoms with van der Waals surface area (Å²) in [5, 5.41) is 11.5. The topological polar surface area (TPSA) is 84.0 Å². The number of nitrogens with zero attached hydrogens (tertiary/aromatic N) is 2. The van der Waals surface area contributed by atoms with Crippen molar-refractivity contribution >= 4 is 33.3 Å². The van der Waals surface area contributed by atoms with Crippen molar-refractivity contribution in [3.63, 3.8) is 0 Å². The summed E-state index contributed by atoms with van der Waals surface area (Å²) in [5.41, 5.74) is 1.16. The lowest BCUT2D eigenvalue weighted by atomic mass is 10.1. The minimum absolute atomic E-state index is 0.195. The van der Waals surface area contributed by atoms with E-state index in [0.717, 1.165) is 18.2 Å². The number of halogens is 1. The second-order valence-electron chi connectivity index (χ2n) is 4.48. The molecule has 0 spiro atoms. The maximum Gasteiger partial charge on any atom is 0.231 e. The molecule has 0 amide bonds. The third kappa shape index (κ3) is 5.57. The molecule has 0 saturated carbocycles. The van der Waals surface area contributed by atoms with E-state index in [4.69, 9.17) is 11.6 Å². The second-order valence-corrected chi connectivity index (χ2v) is 6.67. The quantitative estimate of drug-likeness (QED) is 0.849. The van der Waals surface area contributed by atoms with Crippen molar-refractivity contribution in [1.82, 2.24) is 10.2 Å². The van der Waals surface area contributed by atoms with Crippen LogP contribution >= 0.6 is 11.6 Å². The first kappa shape index (κ1) is 15.5. The molecular weight excluding hydrogens is 312 g/mol. The van der Waals surface area contributed by atoms with Crippen LogP contribution < -0.4 is 10.0 Å². The van der Waals surface area contributed by atoms with E-state index in [2.05, 4.69) is 20.2 Å². The number of hydrogen-bond donors (Lipinski definition) is 2. The van der Waals surface area contributed by atoms with Gasteiger partial charge in [-0.25, -0.2) is 8.42 Å². The van der Waals surface area contributed by atoms with E-state index < -0.39 is 10.0 Å². The van der Waals surface area contributed by atoms with Crippen molar-refractivity contribution < 1.29 is 8.42 Å². The molecule has 21 heavy (non-hydrogen) atoms. The molecule has 1 heterocycles. The molecule has 0 aliphatic rings. The highest BCUT2D eigenvalue weighted by molar-refractivity contribution is 7.92. The first-order chi connectivity index (χ1) is 9.92. The summed E-state index contributed by atoms with van der Waals surface area (Å²) in [6.45, 7) is 0.690. The van der Waals surface area contributed by atoms with E-state index in [1.165, 1.54) is 0 Å². The maximum atomic E-state index is 11.0. The van der Waals surface area contributed by atoms with Crippen LogP contribution in [0.4, 0.5) is 11.6 Å². The molecule has 0 saturated heterocycles. The Morgan fingerprint density at radius 1 is 1.05 bits per heavy atom. The van der Waals surface area contributed by atoms with Crippen molar-refractivity contribution in [1.29, 1.82) is 0 Å². The molecule has 0 unspecified atom stereocenters. The van der Waals surface area contributed by atoms with Crippen LogP contribution in [0.3, 0.4) is 0 Å². The fourth-order valence-electron chi connectivity index (χ4n) is 1.66. The fraction of sp³-hybridized carbons (Fsp3) is 0.231. The van der Waals surface area contributed by atoms with Gasteiger partial charge in [-0.3, -0.25) is 4.72 Å². The molecule has 8 heteroatoms. The molecule has 112 valence electrons. The van der Waals surface area contributed by atoms with Crippen molar-refractivity contribution in [3.8, 4) is 0 Å². The zero-order chi connectivity index (χ0) is 15.3. The molecule has 0 fully saturated rings. The average molecular weight is 327 g/mol. The van der Waals surface area contributed by atoms with Crippen LogP contribution in [0, 0.1) is 0 Å². The number of benzene rings is 1. The lowest BCUT2D eigenvalue weighted by Gasteiger charge is -2.06. The van der Waals surface area contributed by atoms with Gasteiger partial charge >= 0.3 is 0 Å².